The fraction of sp³-hybridized carbons (Fsp3) is 0.389. The Kier molecular flexibility index (Phi) is 4.63. The monoisotopic (exact) mass is 282 g/mol. The van der Waals surface area contributed by atoms with Gasteiger partial charge in [0.25, 0.3) is 0 Å². The molecule has 2 heterocycles. The Hall–Kier alpha value is -1.71. The second-order valence-corrected chi connectivity index (χ2v) is 5.70. The number of nitrogens with zero attached hydrogens (tertiary/aromatic N) is 1. The summed E-state index contributed by atoms with van der Waals surface area (Å²) in [5.74, 6) is 0. The molecular weight excluding hydrogens is 260 g/mol. The van der Waals surface area contributed by atoms with E-state index in [-0.39, 0.29) is 6.61 Å². The third-order valence-corrected chi connectivity index (χ3v) is 4.20. The van der Waals surface area contributed by atoms with Crippen LogP contribution in [-0.2, 0) is 13.0 Å². The number of hydrogen-bond donors (Lipinski definition) is 2. The Balaban J connectivity index is 1.80. The molecule has 0 amide bonds. The Morgan fingerprint density at radius 1 is 1.24 bits per heavy atom. The molecule has 1 fully saturated rings. The summed E-state index contributed by atoms with van der Waals surface area (Å²) >= 11 is 0. The summed E-state index contributed by atoms with van der Waals surface area (Å²) in [5, 5.41) is 12.8. The van der Waals surface area contributed by atoms with Gasteiger partial charge in [-0.15, -0.1) is 0 Å². The smallest absolute Gasteiger partial charge is 0.0734 e. The molecule has 0 radical (unpaired) electrons. The minimum absolute atomic E-state index is 0.0714. The predicted molar refractivity (Wildman–Crippen MR) is 84.9 cm³/mol. The van der Waals surface area contributed by atoms with Crippen LogP contribution in [0.4, 0.5) is 0 Å². The zero-order valence-corrected chi connectivity index (χ0v) is 12.3. The highest BCUT2D eigenvalue weighted by Gasteiger charge is 2.15. The number of benzene rings is 1. The average molecular weight is 282 g/mol. The Morgan fingerprint density at radius 3 is 3.00 bits per heavy atom. The van der Waals surface area contributed by atoms with Crippen molar-refractivity contribution >= 4 is 0 Å². The normalized spacial score (nSPS) is 18.0. The lowest BCUT2D eigenvalue weighted by Crippen LogP contribution is -2.21. The van der Waals surface area contributed by atoms with Gasteiger partial charge in [0, 0.05) is 17.8 Å². The highest BCUT2D eigenvalue weighted by atomic mass is 16.3. The molecule has 110 valence electrons. The summed E-state index contributed by atoms with van der Waals surface area (Å²) in [6.07, 6.45) is 6.64. The molecule has 1 atom stereocenters. The summed E-state index contributed by atoms with van der Waals surface area (Å²) < 4.78 is 0. The van der Waals surface area contributed by atoms with E-state index in [2.05, 4.69) is 22.4 Å². The van der Waals surface area contributed by atoms with Gasteiger partial charge in [0.1, 0.15) is 0 Å². The van der Waals surface area contributed by atoms with Gasteiger partial charge in [0.05, 0.1) is 12.3 Å². The van der Waals surface area contributed by atoms with Crippen molar-refractivity contribution in [1.82, 2.24) is 10.3 Å². The van der Waals surface area contributed by atoms with Gasteiger partial charge in [0.2, 0.25) is 0 Å². The van der Waals surface area contributed by atoms with E-state index >= 15 is 0 Å². The lowest BCUT2D eigenvalue weighted by molar-refractivity contribution is 0.282. The van der Waals surface area contributed by atoms with Gasteiger partial charge in [0.15, 0.2) is 0 Å². The molecule has 2 aromatic rings. The second kappa shape index (κ2) is 6.83. The standard InChI is InChI=1S/C18H22N2O/c21-13-14-4-1-5-16(12-14)18-15(6-2-11-20-18)8-9-17-7-3-10-19-17/h1-2,4-6,11-12,17,19,21H,3,7-10,13H2. The Bertz CT molecular complexity index is 591. The van der Waals surface area contributed by atoms with Gasteiger partial charge in [-0.3, -0.25) is 4.98 Å². The lowest BCUT2D eigenvalue weighted by atomic mass is 9.98. The van der Waals surface area contributed by atoms with Gasteiger partial charge in [-0.2, -0.15) is 0 Å². The van der Waals surface area contributed by atoms with E-state index in [1.807, 2.05) is 30.5 Å². The van der Waals surface area contributed by atoms with E-state index in [0.29, 0.717) is 6.04 Å². The van der Waals surface area contributed by atoms with Crippen molar-refractivity contribution in [3.63, 3.8) is 0 Å². The first-order valence-corrected chi connectivity index (χ1v) is 7.74. The summed E-state index contributed by atoms with van der Waals surface area (Å²) in [6, 6.07) is 12.9. The van der Waals surface area contributed by atoms with Crippen molar-refractivity contribution in [2.24, 2.45) is 0 Å². The molecule has 1 unspecified atom stereocenters. The minimum atomic E-state index is 0.0714. The summed E-state index contributed by atoms with van der Waals surface area (Å²) in [7, 11) is 0. The predicted octanol–water partition coefficient (Wildman–Crippen LogP) is 2.93. The quantitative estimate of drug-likeness (QED) is 0.886. The van der Waals surface area contributed by atoms with E-state index in [9.17, 15) is 5.11 Å². The van der Waals surface area contributed by atoms with Crippen LogP contribution in [-0.4, -0.2) is 22.7 Å². The van der Waals surface area contributed by atoms with Crippen LogP contribution >= 0.6 is 0 Å². The molecule has 3 heteroatoms. The van der Waals surface area contributed by atoms with Gasteiger partial charge >= 0.3 is 0 Å². The minimum Gasteiger partial charge on any atom is -0.392 e. The number of aliphatic hydroxyl groups excluding tert-OH is 1. The molecule has 0 aliphatic carbocycles. The highest BCUT2D eigenvalue weighted by Crippen LogP contribution is 2.24. The molecule has 3 nitrogen and oxygen atoms in total. The summed E-state index contributed by atoms with van der Waals surface area (Å²) in [5.41, 5.74) is 4.37. The molecule has 1 aliphatic rings. The number of aliphatic hydroxyl groups is 1. The molecule has 3 rings (SSSR count). The third-order valence-electron chi connectivity index (χ3n) is 4.20. The first-order chi connectivity index (χ1) is 10.4. The molecule has 0 saturated carbocycles. The third kappa shape index (κ3) is 3.49. The van der Waals surface area contributed by atoms with Gasteiger partial charge in [-0.05, 0) is 55.5 Å². The van der Waals surface area contributed by atoms with E-state index in [0.717, 1.165) is 29.8 Å². The van der Waals surface area contributed by atoms with Crippen molar-refractivity contribution in [1.29, 1.82) is 0 Å². The SMILES string of the molecule is OCc1cccc(-c2ncccc2CCC2CCCN2)c1. The van der Waals surface area contributed by atoms with Crippen molar-refractivity contribution in [3.8, 4) is 11.3 Å². The maximum Gasteiger partial charge on any atom is 0.0734 e. The van der Waals surface area contributed by atoms with Crippen LogP contribution in [0.2, 0.25) is 0 Å². The van der Waals surface area contributed by atoms with Crippen molar-refractivity contribution < 1.29 is 5.11 Å². The number of aromatic nitrogens is 1. The number of pyridine rings is 1. The van der Waals surface area contributed by atoms with Crippen LogP contribution in [0, 0.1) is 0 Å². The molecule has 1 saturated heterocycles. The van der Waals surface area contributed by atoms with Crippen molar-refractivity contribution in [3.05, 3.63) is 53.7 Å². The largest absolute Gasteiger partial charge is 0.392 e. The van der Waals surface area contributed by atoms with Crippen molar-refractivity contribution in [2.45, 2.75) is 38.3 Å². The van der Waals surface area contributed by atoms with E-state index in [1.165, 1.54) is 24.8 Å². The molecule has 2 N–H and O–H groups in total. The summed E-state index contributed by atoms with van der Waals surface area (Å²) in [4.78, 5) is 4.57. The van der Waals surface area contributed by atoms with Crippen LogP contribution < -0.4 is 5.32 Å². The number of hydrogen-bond acceptors (Lipinski definition) is 3. The van der Waals surface area contributed by atoms with Crippen LogP contribution in [0.1, 0.15) is 30.4 Å². The Labute approximate surface area is 126 Å². The molecular formula is C18H22N2O. The zero-order valence-electron chi connectivity index (χ0n) is 12.3. The maximum absolute atomic E-state index is 9.30. The van der Waals surface area contributed by atoms with Crippen LogP contribution in [0.3, 0.4) is 0 Å². The second-order valence-electron chi connectivity index (χ2n) is 5.70. The molecule has 1 aromatic carbocycles. The van der Waals surface area contributed by atoms with E-state index < -0.39 is 0 Å². The van der Waals surface area contributed by atoms with E-state index in [1.54, 1.807) is 0 Å². The van der Waals surface area contributed by atoms with Gasteiger partial charge in [-0.25, -0.2) is 0 Å². The average Bonchev–Trinajstić information content (AvgIpc) is 3.07. The van der Waals surface area contributed by atoms with Crippen LogP contribution in [0.25, 0.3) is 11.3 Å². The fourth-order valence-electron chi connectivity index (χ4n) is 3.05. The zero-order chi connectivity index (χ0) is 14.5. The number of nitrogens with one attached hydrogen (secondary N) is 1. The van der Waals surface area contributed by atoms with Crippen LogP contribution in [0.5, 0.6) is 0 Å². The van der Waals surface area contributed by atoms with Crippen LogP contribution in [0.15, 0.2) is 42.6 Å². The molecule has 1 aliphatic heterocycles. The summed E-state index contributed by atoms with van der Waals surface area (Å²) in [6.45, 7) is 1.23. The Morgan fingerprint density at radius 2 is 2.19 bits per heavy atom. The maximum atomic E-state index is 9.30. The number of aryl methyl sites for hydroxylation is 1. The van der Waals surface area contributed by atoms with E-state index in [4.69, 9.17) is 0 Å². The van der Waals surface area contributed by atoms with Gasteiger partial charge < -0.3 is 10.4 Å². The fourth-order valence-corrected chi connectivity index (χ4v) is 3.05. The lowest BCUT2D eigenvalue weighted by Gasteiger charge is -2.13. The first-order valence-electron chi connectivity index (χ1n) is 7.74. The number of rotatable bonds is 5. The molecule has 0 bridgehead atoms. The molecule has 1 aromatic heterocycles. The molecule has 21 heavy (non-hydrogen) atoms. The highest BCUT2D eigenvalue weighted by molar-refractivity contribution is 5.63. The van der Waals surface area contributed by atoms with Crippen molar-refractivity contribution in [2.75, 3.05) is 6.54 Å². The first kappa shape index (κ1) is 14.2. The van der Waals surface area contributed by atoms with Gasteiger partial charge in [-0.1, -0.05) is 24.3 Å². The topological polar surface area (TPSA) is 45.2 Å². The molecule has 0 spiro atoms.